The minimum absolute atomic E-state index is 0.0566. The van der Waals surface area contributed by atoms with Crippen molar-refractivity contribution in [3.63, 3.8) is 0 Å². The van der Waals surface area contributed by atoms with E-state index in [0.717, 1.165) is 6.42 Å². The first-order valence-corrected chi connectivity index (χ1v) is 8.79. The third-order valence-electron chi connectivity index (χ3n) is 4.51. The highest BCUT2D eigenvalue weighted by Gasteiger charge is 2.52. The van der Waals surface area contributed by atoms with Gasteiger partial charge in [0, 0.05) is 30.8 Å². The highest BCUT2D eigenvalue weighted by Crippen LogP contribution is 2.47. The van der Waals surface area contributed by atoms with Crippen LogP contribution < -0.4 is 5.32 Å². The van der Waals surface area contributed by atoms with E-state index in [0.29, 0.717) is 23.7 Å². The van der Waals surface area contributed by atoms with Gasteiger partial charge in [-0.15, -0.1) is 11.8 Å². The number of nitrogens with zero attached hydrogens (tertiary/aromatic N) is 4. The lowest BCUT2D eigenvalue weighted by atomic mass is 10.2. The van der Waals surface area contributed by atoms with E-state index in [1.807, 2.05) is 6.92 Å². The topological polar surface area (TPSA) is 80.1 Å². The van der Waals surface area contributed by atoms with Gasteiger partial charge in [0.1, 0.15) is 6.04 Å². The summed E-state index contributed by atoms with van der Waals surface area (Å²) in [5, 5.41) is 7.08. The van der Waals surface area contributed by atoms with Gasteiger partial charge in [0.25, 0.3) is 0 Å². The van der Waals surface area contributed by atoms with Crippen molar-refractivity contribution in [3.05, 3.63) is 36.8 Å². The summed E-state index contributed by atoms with van der Waals surface area (Å²) in [6.07, 6.45) is 6.39. The molecule has 24 heavy (non-hydrogen) atoms. The number of fused-ring (bicyclic) bond motifs is 1. The van der Waals surface area contributed by atoms with E-state index in [9.17, 15) is 9.59 Å². The summed E-state index contributed by atoms with van der Waals surface area (Å²) in [5.74, 6) is 1.05. The molecule has 0 saturated carbocycles. The van der Waals surface area contributed by atoms with E-state index in [1.54, 1.807) is 58.1 Å². The van der Waals surface area contributed by atoms with Crippen LogP contribution in [0, 0.1) is 0 Å². The normalized spacial score (nSPS) is 25.8. The lowest BCUT2D eigenvalue weighted by Crippen LogP contribution is -2.48. The average molecular weight is 343 g/mol. The molecule has 0 radical (unpaired) electrons. The van der Waals surface area contributed by atoms with E-state index in [1.165, 1.54) is 0 Å². The van der Waals surface area contributed by atoms with E-state index >= 15 is 0 Å². The molecule has 0 bridgehead atoms. The van der Waals surface area contributed by atoms with Crippen LogP contribution in [0.1, 0.15) is 19.8 Å². The van der Waals surface area contributed by atoms with Crippen LogP contribution in [0.15, 0.2) is 36.8 Å². The van der Waals surface area contributed by atoms with Gasteiger partial charge >= 0.3 is 0 Å². The first kappa shape index (κ1) is 15.2. The van der Waals surface area contributed by atoms with Crippen LogP contribution in [0.25, 0.3) is 5.82 Å². The van der Waals surface area contributed by atoms with Gasteiger partial charge in [0.2, 0.25) is 11.8 Å². The maximum atomic E-state index is 12.8. The Kier molecular flexibility index (Phi) is 3.56. The van der Waals surface area contributed by atoms with E-state index < -0.39 is 6.04 Å². The number of amides is 2. The number of pyridine rings is 1. The number of hydrogen-bond acceptors (Lipinski definition) is 5. The van der Waals surface area contributed by atoms with Gasteiger partial charge in [0.15, 0.2) is 5.82 Å². The number of carbonyl (C=O) groups excluding carboxylic acids is 2. The quantitative estimate of drug-likeness (QED) is 0.917. The molecule has 8 heteroatoms. The molecule has 2 aliphatic rings. The summed E-state index contributed by atoms with van der Waals surface area (Å²) in [7, 11) is 0. The average Bonchev–Trinajstić information content (AvgIpc) is 3.26. The molecule has 2 aromatic heterocycles. The molecule has 4 rings (SSSR count). The second kappa shape index (κ2) is 5.62. The van der Waals surface area contributed by atoms with Crippen molar-refractivity contribution in [3.8, 4) is 5.82 Å². The number of anilines is 1. The van der Waals surface area contributed by atoms with Gasteiger partial charge in [-0.2, -0.15) is 5.10 Å². The molecule has 2 saturated heterocycles. The summed E-state index contributed by atoms with van der Waals surface area (Å²) >= 11 is 1.68. The molecule has 2 aromatic rings. The van der Waals surface area contributed by atoms with Crippen LogP contribution in [-0.4, -0.2) is 48.1 Å². The van der Waals surface area contributed by atoms with E-state index in [-0.39, 0.29) is 16.7 Å². The Bertz CT molecular complexity index is 794. The second-order valence-corrected chi connectivity index (χ2v) is 7.58. The molecule has 2 amide bonds. The van der Waals surface area contributed by atoms with Gasteiger partial charge in [0.05, 0.1) is 10.6 Å². The second-order valence-electron chi connectivity index (χ2n) is 6.08. The van der Waals surface area contributed by atoms with Crippen LogP contribution in [-0.2, 0) is 9.59 Å². The summed E-state index contributed by atoms with van der Waals surface area (Å²) in [6, 6.07) is 4.90. The summed E-state index contributed by atoms with van der Waals surface area (Å²) < 4.78 is 1.60. The fourth-order valence-electron chi connectivity index (χ4n) is 3.30. The Balaban J connectivity index is 1.59. The van der Waals surface area contributed by atoms with Gasteiger partial charge in [-0.3, -0.25) is 9.59 Å². The molecule has 2 fully saturated rings. The van der Waals surface area contributed by atoms with Gasteiger partial charge in [-0.25, -0.2) is 9.67 Å². The van der Waals surface area contributed by atoms with Gasteiger partial charge in [-0.05, 0) is 31.5 Å². The molecule has 2 atom stereocenters. The van der Waals surface area contributed by atoms with E-state index in [4.69, 9.17) is 0 Å². The summed E-state index contributed by atoms with van der Waals surface area (Å²) in [6.45, 7) is 2.04. The lowest BCUT2D eigenvalue weighted by molar-refractivity contribution is -0.135. The lowest BCUT2D eigenvalue weighted by Gasteiger charge is -2.29. The predicted molar refractivity (Wildman–Crippen MR) is 90.7 cm³/mol. The first-order chi connectivity index (χ1) is 11.6. The Morgan fingerprint density at radius 2 is 2.29 bits per heavy atom. The molecular formula is C16H17N5O2S. The molecule has 7 nitrogen and oxygen atoms in total. The largest absolute Gasteiger partial charge is 0.321 e. The zero-order valence-electron chi connectivity index (χ0n) is 13.2. The molecule has 0 spiro atoms. The number of carbonyl (C=O) groups is 2. The maximum absolute atomic E-state index is 12.8. The van der Waals surface area contributed by atoms with Gasteiger partial charge < -0.3 is 10.2 Å². The number of rotatable bonds is 3. The monoisotopic (exact) mass is 343 g/mol. The fourth-order valence-corrected chi connectivity index (χ4v) is 4.73. The fraction of sp³-hybridized carbons (Fsp3) is 0.375. The number of aromatic nitrogens is 3. The Morgan fingerprint density at radius 1 is 1.42 bits per heavy atom. The van der Waals surface area contributed by atoms with Crippen molar-refractivity contribution in [2.45, 2.75) is 30.7 Å². The van der Waals surface area contributed by atoms with Crippen LogP contribution in [0.3, 0.4) is 0 Å². The summed E-state index contributed by atoms with van der Waals surface area (Å²) in [5.41, 5.74) is 0.580. The molecular weight excluding hydrogens is 326 g/mol. The van der Waals surface area contributed by atoms with Crippen LogP contribution in [0.2, 0.25) is 0 Å². The standard InChI is InChI=1S/C16H17N5O2S/c1-16-6-5-13(22)21(16)12(10-24-16)15(23)19-11-4-2-7-17-14(11)20-9-3-8-18-20/h2-4,7-9,12H,5-6,10H2,1H3,(H,19,23)/t12-,16-/m1/s1. The van der Waals surface area contributed by atoms with Crippen molar-refractivity contribution >= 4 is 29.3 Å². The molecule has 4 heterocycles. The summed E-state index contributed by atoms with van der Waals surface area (Å²) in [4.78, 5) is 30.8. The SMILES string of the molecule is C[C@@]12CCC(=O)N1[C@@H](C(=O)Nc1cccnc1-n1cccn1)CS2. The van der Waals surface area contributed by atoms with Crippen molar-refractivity contribution in [1.82, 2.24) is 19.7 Å². The minimum Gasteiger partial charge on any atom is -0.321 e. The zero-order chi connectivity index (χ0) is 16.7. The molecule has 0 aliphatic carbocycles. The number of hydrogen-bond donors (Lipinski definition) is 1. The molecule has 0 unspecified atom stereocenters. The Labute approximate surface area is 143 Å². The predicted octanol–water partition coefficient (Wildman–Crippen LogP) is 1.66. The van der Waals surface area contributed by atoms with Crippen LogP contribution in [0.4, 0.5) is 5.69 Å². The third kappa shape index (κ3) is 2.37. The van der Waals surface area contributed by atoms with Crippen molar-refractivity contribution in [2.24, 2.45) is 0 Å². The Morgan fingerprint density at radius 3 is 3.08 bits per heavy atom. The van der Waals surface area contributed by atoms with E-state index in [2.05, 4.69) is 15.4 Å². The first-order valence-electron chi connectivity index (χ1n) is 7.80. The highest BCUT2D eigenvalue weighted by molar-refractivity contribution is 8.01. The van der Waals surface area contributed by atoms with Gasteiger partial charge in [-0.1, -0.05) is 0 Å². The third-order valence-corrected chi connectivity index (χ3v) is 6.02. The molecule has 1 N–H and O–H groups in total. The molecule has 124 valence electrons. The minimum atomic E-state index is -0.444. The number of nitrogens with one attached hydrogen (secondary N) is 1. The maximum Gasteiger partial charge on any atom is 0.248 e. The van der Waals surface area contributed by atoms with Crippen LogP contribution >= 0.6 is 11.8 Å². The Hall–Kier alpha value is -2.35. The van der Waals surface area contributed by atoms with Crippen molar-refractivity contribution in [1.29, 1.82) is 0 Å². The van der Waals surface area contributed by atoms with Crippen LogP contribution in [0.5, 0.6) is 0 Å². The van der Waals surface area contributed by atoms with Crippen molar-refractivity contribution < 1.29 is 9.59 Å². The smallest absolute Gasteiger partial charge is 0.248 e. The molecule has 0 aromatic carbocycles. The molecule has 2 aliphatic heterocycles. The highest BCUT2D eigenvalue weighted by atomic mass is 32.2. The number of thioether (sulfide) groups is 1. The zero-order valence-corrected chi connectivity index (χ0v) is 14.0. The van der Waals surface area contributed by atoms with Crippen molar-refractivity contribution in [2.75, 3.05) is 11.1 Å².